The van der Waals surface area contributed by atoms with E-state index in [2.05, 4.69) is 26.6 Å². The Hall–Kier alpha value is -0.840. The minimum absolute atomic E-state index is 0. The number of morpholine rings is 1. The second-order valence-electron chi connectivity index (χ2n) is 7.36. The molecule has 1 unspecified atom stereocenters. The number of guanidine groups is 1. The highest BCUT2D eigenvalue weighted by atomic mass is 127. The first-order valence-corrected chi connectivity index (χ1v) is 10.2. The molecule has 1 saturated carbocycles. The lowest BCUT2D eigenvalue weighted by Gasteiger charge is -2.33. The number of hydrogen-bond acceptors (Lipinski definition) is 5. The van der Waals surface area contributed by atoms with Crippen LogP contribution in [0.1, 0.15) is 36.8 Å². The highest BCUT2D eigenvalue weighted by Gasteiger charge is 2.25. The molecule has 160 valence electrons. The summed E-state index contributed by atoms with van der Waals surface area (Å²) in [5, 5.41) is 6.82. The van der Waals surface area contributed by atoms with Gasteiger partial charge in [-0.05, 0) is 44.2 Å². The van der Waals surface area contributed by atoms with Gasteiger partial charge in [-0.3, -0.25) is 9.89 Å². The summed E-state index contributed by atoms with van der Waals surface area (Å²) in [4.78, 5) is 6.75. The maximum absolute atomic E-state index is 5.92. The molecular formula is C20H35IN4O3. The number of ether oxygens (including phenoxy) is 2. The van der Waals surface area contributed by atoms with E-state index in [1.807, 2.05) is 13.0 Å². The predicted octanol–water partition coefficient (Wildman–Crippen LogP) is 2.56. The van der Waals surface area contributed by atoms with Gasteiger partial charge >= 0.3 is 0 Å². The fourth-order valence-electron chi connectivity index (χ4n) is 3.26. The molecule has 1 atom stereocenters. The molecule has 28 heavy (non-hydrogen) atoms. The molecule has 0 amide bonds. The van der Waals surface area contributed by atoms with E-state index in [4.69, 9.17) is 13.9 Å². The maximum Gasteiger partial charge on any atom is 0.191 e. The van der Waals surface area contributed by atoms with Gasteiger partial charge in [0, 0.05) is 46.4 Å². The molecule has 2 N–H and O–H groups in total. The van der Waals surface area contributed by atoms with Crippen molar-refractivity contribution in [1.29, 1.82) is 0 Å². The monoisotopic (exact) mass is 506 g/mol. The van der Waals surface area contributed by atoms with Crippen LogP contribution in [-0.4, -0.2) is 70.5 Å². The second kappa shape index (κ2) is 12.7. The lowest BCUT2D eigenvalue weighted by molar-refractivity contribution is 0.0124. The Morgan fingerprint density at radius 2 is 2.07 bits per heavy atom. The van der Waals surface area contributed by atoms with Crippen LogP contribution in [0.4, 0.5) is 0 Å². The smallest absolute Gasteiger partial charge is 0.191 e. The van der Waals surface area contributed by atoms with Gasteiger partial charge in [0.2, 0.25) is 0 Å². The Balaban J connectivity index is 0.00000280. The molecule has 1 saturated heterocycles. The zero-order chi connectivity index (χ0) is 18.9. The van der Waals surface area contributed by atoms with Crippen molar-refractivity contribution in [3.05, 3.63) is 23.7 Å². The Labute approximate surface area is 185 Å². The van der Waals surface area contributed by atoms with E-state index < -0.39 is 0 Å². The number of aryl methyl sites for hydroxylation is 1. The number of hydrogen-bond donors (Lipinski definition) is 2. The molecule has 3 rings (SSSR count). The summed E-state index contributed by atoms with van der Waals surface area (Å²) in [7, 11) is 1.81. The number of furan rings is 1. The van der Waals surface area contributed by atoms with Crippen LogP contribution in [0.2, 0.25) is 0 Å². The average Bonchev–Trinajstić information content (AvgIpc) is 3.43. The SMILES string of the molecule is CN=C(NCCCOCC1CC1)NCC(c1ccc(C)o1)N1CCOCC1.I. The van der Waals surface area contributed by atoms with Crippen LogP contribution in [-0.2, 0) is 9.47 Å². The number of aliphatic imine (C=N–C) groups is 1. The summed E-state index contributed by atoms with van der Waals surface area (Å²) in [5.41, 5.74) is 0. The zero-order valence-electron chi connectivity index (χ0n) is 17.1. The number of halogens is 1. The summed E-state index contributed by atoms with van der Waals surface area (Å²) >= 11 is 0. The fraction of sp³-hybridized carbons (Fsp3) is 0.750. The molecule has 2 fully saturated rings. The van der Waals surface area contributed by atoms with Crippen LogP contribution in [0.15, 0.2) is 21.5 Å². The van der Waals surface area contributed by atoms with Crippen LogP contribution in [0.5, 0.6) is 0 Å². The van der Waals surface area contributed by atoms with E-state index >= 15 is 0 Å². The number of nitrogens with zero attached hydrogens (tertiary/aromatic N) is 2. The molecule has 0 aromatic carbocycles. The number of nitrogens with one attached hydrogen (secondary N) is 2. The van der Waals surface area contributed by atoms with Gasteiger partial charge in [0.15, 0.2) is 5.96 Å². The first kappa shape index (κ1) is 23.4. The van der Waals surface area contributed by atoms with Gasteiger partial charge in [0.05, 0.1) is 19.3 Å². The Morgan fingerprint density at radius 1 is 1.29 bits per heavy atom. The van der Waals surface area contributed by atoms with Crippen molar-refractivity contribution in [3.63, 3.8) is 0 Å². The van der Waals surface area contributed by atoms with Crippen LogP contribution in [0.3, 0.4) is 0 Å². The van der Waals surface area contributed by atoms with Crippen LogP contribution >= 0.6 is 24.0 Å². The quantitative estimate of drug-likeness (QED) is 0.220. The number of rotatable bonds is 10. The topological polar surface area (TPSA) is 71.3 Å². The lowest BCUT2D eigenvalue weighted by Crippen LogP contribution is -2.46. The largest absolute Gasteiger partial charge is 0.465 e. The predicted molar refractivity (Wildman–Crippen MR) is 122 cm³/mol. The minimum atomic E-state index is 0. The van der Waals surface area contributed by atoms with Crippen LogP contribution in [0, 0.1) is 12.8 Å². The maximum atomic E-state index is 5.92. The fourth-order valence-corrected chi connectivity index (χ4v) is 3.26. The minimum Gasteiger partial charge on any atom is -0.465 e. The molecule has 0 radical (unpaired) electrons. The molecule has 7 nitrogen and oxygen atoms in total. The van der Waals surface area contributed by atoms with Gasteiger partial charge in [-0.1, -0.05) is 0 Å². The van der Waals surface area contributed by atoms with Crippen molar-refractivity contribution in [2.24, 2.45) is 10.9 Å². The normalized spacial score (nSPS) is 19.1. The molecule has 1 aliphatic carbocycles. The summed E-state index contributed by atoms with van der Waals surface area (Å²) in [6, 6.07) is 4.27. The van der Waals surface area contributed by atoms with Gasteiger partial charge in [-0.15, -0.1) is 24.0 Å². The van der Waals surface area contributed by atoms with E-state index in [1.165, 1.54) is 12.8 Å². The van der Waals surface area contributed by atoms with E-state index in [9.17, 15) is 0 Å². The molecule has 2 aliphatic rings. The third-order valence-corrected chi connectivity index (χ3v) is 5.07. The highest BCUT2D eigenvalue weighted by molar-refractivity contribution is 14.0. The van der Waals surface area contributed by atoms with Gasteiger partial charge in [-0.25, -0.2) is 0 Å². The Morgan fingerprint density at radius 3 is 2.71 bits per heavy atom. The molecule has 0 spiro atoms. The van der Waals surface area contributed by atoms with Crippen molar-refractivity contribution in [2.45, 2.75) is 32.2 Å². The van der Waals surface area contributed by atoms with Gasteiger partial charge in [-0.2, -0.15) is 0 Å². The van der Waals surface area contributed by atoms with Gasteiger partial charge < -0.3 is 24.5 Å². The van der Waals surface area contributed by atoms with E-state index in [1.54, 1.807) is 7.05 Å². The second-order valence-corrected chi connectivity index (χ2v) is 7.36. The Kier molecular flexibility index (Phi) is 10.6. The van der Waals surface area contributed by atoms with Crippen LogP contribution < -0.4 is 10.6 Å². The van der Waals surface area contributed by atoms with Crippen LogP contribution in [0.25, 0.3) is 0 Å². The first-order valence-electron chi connectivity index (χ1n) is 10.2. The lowest BCUT2D eigenvalue weighted by atomic mass is 10.1. The van der Waals surface area contributed by atoms with Crippen molar-refractivity contribution in [1.82, 2.24) is 15.5 Å². The van der Waals surface area contributed by atoms with Crippen molar-refractivity contribution < 1.29 is 13.9 Å². The third kappa shape index (κ3) is 7.88. The average molecular weight is 506 g/mol. The van der Waals surface area contributed by atoms with E-state index in [0.29, 0.717) is 0 Å². The summed E-state index contributed by atoms with van der Waals surface area (Å²) in [6.07, 6.45) is 3.67. The van der Waals surface area contributed by atoms with Gasteiger partial charge in [0.1, 0.15) is 11.5 Å². The third-order valence-electron chi connectivity index (χ3n) is 5.07. The van der Waals surface area contributed by atoms with Crippen molar-refractivity contribution >= 4 is 29.9 Å². The van der Waals surface area contributed by atoms with E-state index in [0.717, 1.165) is 82.4 Å². The molecular weight excluding hydrogens is 471 g/mol. The van der Waals surface area contributed by atoms with Crippen molar-refractivity contribution in [2.75, 3.05) is 59.7 Å². The first-order chi connectivity index (χ1) is 13.3. The standard InChI is InChI=1S/C20H34N4O3.HI/c1-16-4-7-19(27-16)18(24-9-12-25-13-10-24)14-23-20(21-2)22-8-3-11-26-15-17-5-6-17;/h4,7,17-18H,3,5-6,8-15H2,1-2H3,(H2,21,22,23);1H. The molecule has 0 bridgehead atoms. The Bertz CT molecular complexity index is 586. The molecule has 1 aromatic heterocycles. The van der Waals surface area contributed by atoms with Crippen molar-refractivity contribution in [3.8, 4) is 0 Å². The van der Waals surface area contributed by atoms with E-state index in [-0.39, 0.29) is 30.0 Å². The zero-order valence-corrected chi connectivity index (χ0v) is 19.4. The van der Waals surface area contributed by atoms with Gasteiger partial charge in [0.25, 0.3) is 0 Å². The molecule has 8 heteroatoms. The molecule has 2 heterocycles. The summed E-state index contributed by atoms with van der Waals surface area (Å²) in [6.45, 7) is 8.68. The molecule has 1 aliphatic heterocycles. The summed E-state index contributed by atoms with van der Waals surface area (Å²) < 4.78 is 17.1. The molecule has 1 aromatic rings. The highest BCUT2D eigenvalue weighted by Crippen LogP contribution is 2.28. The summed E-state index contributed by atoms with van der Waals surface area (Å²) in [5.74, 6) is 3.58.